The van der Waals surface area contributed by atoms with Crippen molar-refractivity contribution in [3.63, 3.8) is 0 Å². The molecule has 2 fully saturated rings. The van der Waals surface area contributed by atoms with Crippen molar-refractivity contribution in [2.24, 2.45) is 16.2 Å². The summed E-state index contributed by atoms with van der Waals surface area (Å²) >= 11 is 0. The lowest BCUT2D eigenvalue weighted by molar-refractivity contribution is -0.131. The van der Waals surface area contributed by atoms with Gasteiger partial charge in [0.05, 0.1) is 12.0 Å². The van der Waals surface area contributed by atoms with E-state index in [2.05, 4.69) is 26.1 Å². The molecule has 0 unspecified atom stereocenters. The minimum atomic E-state index is -0.588. The fourth-order valence-electron chi connectivity index (χ4n) is 4.58. The summed E-state index contributed by atoms with van der Waals surface area (Å²) in [6.45, 7) is 9.02. The SMILES string of the molecule is CCCCOc1ccc(NC(=O)[C@]23CC[C@](C)(C(=O)C2)C3(C)C)cc1. The lowest BCUT2D eigenvalue weighted by atomic mass is 9.64. The number of anilines is 1. The summed E-state index contributed by atoms with van der Waals surface area (Å²) in [4.78, 5) is 25.6. The van der Waals surface area contributed by atoms with Crippen molar-refractivity contribution in [1.82, 2.24) is 0 Å². The number of carbonyl (C=O) groups is 2. The number of ether oxygens (including phenoxy) is 1. The van der Waals surface area contributed by atoms with Gasteiger partial charge < -0.3 is 10.1 Å². The highest BCUT2D eigenvalue weighted by Gasteiger charge is 2.72. The van der Waals surface area contributed by atoms with Gasteiger partial charge in [0.15, 0.2) is 0 Å². The van der Waals surface area contributed by atoms with Crippen molar-refractivity contribution in [3.8, 4) is 5.75 Å². The minimum absolute atomic E-state index is 0.0215. The first-order chi connectivity index (χ1) is 11.8. The Balaban J connectivity index is 1.72. The molecule has 25 heavy (non-hydrogen) atoms. The Morgan fingerprint density at radius 1 is 1.16 bits per heavy atom. The van der Waals surface area contributed by atoms with E-state index >= 15 is 0 Å². The molecule has 2 atom stereocenters. The Bertz CT molecular complexity index is 679. The maximum atomic E-state index is 13.1. The number of amides is 1. The zero-order valence-electron chi connectivity index (χ0n) is 15.8. The van der Waals surface area contributed by atoms with E-state index < -0.39 is 5.41 Å². The standard InChI is InChI=1S/C21H29NO3/c1-5-6-13-25-16-9-7-15(8-10-16)22-18(24)21-12-11-20(4,17(23)14-21)19(21,2)3/h7-10H,5-6,11-14H2,1-4H3,(H,22,24)/t20-,21+/m1/s1. The maximum absolute atomic E-state index is 13.1. The van der Waals surface area contributed by atoms with Crippen molar-refractivity contribution < 1.29 is 14.3 Å². The second-order valence-corrected chi connectivity index (χ2v) is 8.32. The second kappa shape index (κ2) is 6.15. The largest absolute Gasteiger partial charge is 0.494 e. The fraction of sp³-hybridized carbons (Fsp3) is 0.619. The predicted octanol–water partition coefficient (Wildman–Crippen LogP) is 4.59. The third-order valence-electron chi connectivity index (χ3n) is 7.02. The predicted molar refractivity (Wildman–Crippen MR) is 98.7 cm³/mol. The zero-order valence-corrected chi connectivity index (χ0v) is 15.8. The van der Waals surface area contributed by atoms with E-state index in [0.717, 1.165) is 37.1 Å². The van der Waals surface area contributed by atoms with Crippen LogP contribution in [0.4, 0.5) is 5.69 Å². The van der Waals surface area contributed by atoms with E-state index in [1.165, 1.54) is 0 Å². The van der Waals surface area contributed by atoms with E-state index in [9.17, 15) is 9.59 Å². The number of hydrogen-bond acceptors (Lipinski definition) is 3. The number of hydrogen-bond donors (Lipinski definition) is 1. The molecule has 1 aromatic carbocycles. The molecule has 2 saturated carbocycles. The quantitative estimate of drug-likeness (QED) is 0.769. The maximum Gasteiger partial charge on any atom is 0.231 e. The van der Waals surface area contributed by atoms with Crippen molar-refractivity contribution in [2.75, 3.05) is 11.9 Å². The minimum Gasteiger partial charge on any atom is -0.494 e. The number of carbonyl (C=O) groups excluding carboxylic acids is 2. The number of fused-ring (bicyclic) bond motifs is 2. The Morgan fingerprint density at radius 3 is 2.36 bits per heavy atom. The van der Waals surface area contributed by atoms with Crippen LogP contribution in [-0.2, 0) is 9.59 Å². The molecular formula is C21H29NO3. The molecule has 0 heterocycles. The number of benzene rings is 1. The van der Waals surface area contributed by atoms with Gasteiger partial charge >= 0.3 is 0 Å². The normalized spacial score (nSPS) is 29.7. The highest BCUT2D eigenvalue weighted by atomic mass is 16.5. The second-order valence-electron chi connectivity index (χ2n) is 8.32. The van der Waals surface area contributed by atoms with Crippen LogP contribution in [0.2, 0.25) is 0 Å². The van der Waals surface area contributed by atoms with Crippen LogP contribution in [-0.4, -0.2) is 18.3 Å². The van der Waals surface area contributed by atoms with Gasteiger partial charge in [0, 0.05) is 17.5 Å². The van der Waals surface area contributed by atoms with Gasteiger partial charge in [-0.15, -0.1) is 0 Å². The van der Waals surface area contributed by atoms with Gasteiger partial charge in [-0.05, 0) is 48.9 Å². The van der Waals surface area contributed by atoms with E-state index in [1.54, 1.807) is 0 Å². The molecule has 0 aromatic heterocycles. The molecule has 2 aliphatic carbocycles. The summed E-state index contributed by atoms with van der Waals surface area (Å²) in [5.74, 6) is 1.03. The Morgan fingerprint density at radius 2 is 1.84 bits per heavy atom. The highest BCUT2D eigenvalue weighted by molar-refractivity contribution is 6.04. The molecule has 136 valence electrons. The summed E-state index contributed by atoms with van der Waals surface area (Å²) in [5.41, 5.74) is -0.521. The van der Waals surface area contributed by atoms with Crippen molar-refractivity contribution in [2.45, 2.75) is 59.8 Å². The first-order valence-electron chi connectivity index (χ1n) is 9.34. The molecule has 0 spiro atoms. The van der Waals surface area contributed by atoms with Gasteiger partial charge in [-0.3, -0.25) is 9.59 Å². The van der Waals surface area contributed by atoms with Gasteiger partial charge in [0.1, 0.15) is 11.5 Å². The molecule has 2 aliphatic rings. The van der Waals surface area contributed by atoms with Gasteiger partial charge in [-0.25, -0.2) is 0 Å². The van der Waals surface area contributed by atoms with E-state index in [-0.39, 0.29) is 22.5 Å². The molecular weight excluding hydrogens is 314 g/mol. The summed E-state index contributed by atoms with van der Waals surface area (Å²) in [5, 5.41) is 3.04. The molecule has 0 aliphatic heterocycles. The van der Waals surface area contributed by atoms with Crippen molar-refractivity contribution >= 4 is 17.4 Å². The van der Waals surface area contributed by atoms with Crippen molar-refractivity contribution in [3.05, 3.63) is 24.3 Å². The van der Waals surface area contributed by atoms with Crippen LogP contribution in [0.1, 0.15) is 59.8 Å². The smallest absolute Gasteiger partial charge is 0.231 e. The van der Waals surface area contributed by atoms with Crippen LogP contribution < -0.4 is 10.1 Å². The van der Waals surface area contributed by atoms with Crippen LogP contribution in [0.15, 0.2) is 24.3 Å². The van der Waals surface area contributed by atoms with E-state index in [1.807, 2.05) is 31.2 Å². The van der Waals surface area contributed by atoms with E-state index in [0.29, 0.717) is 13.0 Å². The lowest BCUT2D eigenvalue weighted by Crippen LogP contribution is -2.43. The Kier molecular flexibility index (Phi) is 4.42. The van der Waals surface area contributed by atoms with E-state index in [4.69, 9.17) is 4.74 Å². The Hall–Kier alpha value is -1.84. The molecule has 1 amide bonds. The molecule has 2 bridgehead atoms. The Labute approximate surface area is 150 Å². The van der Waals surface area contributed by atoms with Crippen LogP contribution in [0.5, 0.6) is 5.75 Å². The zero-order chi connectivity index (χ0) is 18.3. The number of unbranched alkanes of at least 4 members (excludes halogenated alkanes) is 1. The molecule has 4 nitrogen and oxygen atoms in total. The first-order valence-corrected chi connectivity index (χ1v) is 9.34. The summed E-state index contributed by atoms with van der Waals surface area (Å²) in [7, 11) is 0. The highest BCUT2D eigenvalue weighted by Crippen LogP contribution is 2.70. The number of nitrogens with one attached hydrogen (secondary N) is 1. The molecule has 4 heteroatoms. The topological polar surface area (TPSA) is 55.4 Å². The van der Waals surface area contributed by atoms with Crippen molar-refractivity contribution in [1.29, 1.82) is 0 Å². The monoisotopic (exact) mass is 343 g/mol. The molecule has 3 rings (SSSR count). The third kappa shape index (κ3) is 2.57. The molecule has 0 saturated heterocycles. The number of ketones is 1. The van der Waals surface area contributed by atoms with Crippen LogP contribution in [0.25, 0.3) is 0 Å². The van der Waals surface area contributed by atoms with Gasteiger partial charge in [0.25, 0.3) is 0 Å². The number of Topliss-reactive ketones (excluding diaryl/α,β-unsaturated/α-hetero) is 1. The summed E-state index contributed by atoms with van der Waals surface area (Å²) in [6.07, 6.45) is 4.08. The van der Waals surface area contributed by atoms with Crippen LogP contribution in [0.3, 0.4) is 0 Å². The molecule has 0 radical (unpaired) electrons. The lowest BCUT2D eigenvalue weighted by Gasteiger charge is -2.38. The summed E-state index contributed by atoms with van der Waals surface area (Å²) in [6, 6.07) is 7.50. The first kappa shape index (κ1) is 18.0. The molecule has 1 aromatic rings. The van der Waals surface area contributed by atoms with Gasteiger partial charge in [-0.2, -0.15) is 0 Å². The van der Waals surface area contributed by atoms with Gasteiger partial charge in [-0.1, -0.05) is 34.1 Å². The van der Waals surface area contributed by atoms with Crippen LogP contribution in [0, 0.1) is 16.2 Å². The fourth-order valence-corrected chi connectivity index (χ4v) is 4.58. The van der Waals surface area contributed by atoms with Gasteiger partial charge in [0.2, 0.25) is 5.91 Å². The average Bonchev–Trinajstić information content (AvgIpc) is 2.87. The van der Waals surface area contributed by atoms with Crippen LogP contribution >= 0.6 is 0 Å². The number of rotatable bonds is 6. The summed E-state index contributed by atoms with van der Waals surface area (Å²) < 4.78 is 5.66. The average molecular weight is 343 g/mol. The third-order valence-corrected chi connectivity index (χ3v) is 7.02. The molecule has 1 N–H and O–H groups in total.